The first-order valence-corrected chi connectivity index (χ1v) is 10.2. The molecule has 146 valence electrons. The minimum Gasteiger partial charge on any atom is -0.355 e. The van der Waals surface area contributed by atoms with E-state index in [4.69, 9.17) is 4.98 Å². The number of fused-ring (bicyclic) bond motifs is 1. The maximum atomic E-state index is 12.5. The van der Waals surface area contributed by atoms with Crippen molar-refractivity contribution in [3.63, 3.8) is 0 Å². The molecular weight excluding hydrogens is 338 g/mol. The minimum atomic E-state index is -0.0278. The van der Waals surface area contributed by atoms with Gasteiger partial charge in [0.2, 0.25) is 5.91 Å². The first kappa shape index (κ1) is 18.4. The molecule has 1 aromatic carbocycles. The van der Waals surface area contributed by atoms with Crippen LogP contribution in [0.2, 0.25) is 0 Å². The third-order valence-corrected chi connectivity index (χ3v) is 6.46. The Balaban J connectivity index is 1.24. The van der Waals surface area contributed by atoms with Crippen molar-refractivity contribution in [1.82, 2.24) is 25.9 Å². The fourth-order valence-corrected chi connectivity index (χ4v) is 4.51. The van der Waals surface area contributed by atoms with E-state index < -0.39 is 0 Å². The Hall–Kier alpha value is -1.92. The summed E-state index contributed by atoms with van der Waals surface area (Å²) in [6, 6.07) is 4.20. The van der Waals surface area contributed by atoms with E-state index in [9.17, 15) is 4.79 Å². The second-order valence-electron chi connectivity index (χ2n) is 8.37. The van der Waals surface area contributed by atoms with Crippen LogP contribution in [0.3, 0.4) is 0 Å². The molecular formula is C21H31N5O. The lowest BCUT2D eigenvalue weighted by molar-refractivity contribution is -0.123. The van der Waals surface area contributed by atoms with Crippen molar-refractivity contribution in [2.75, 3.05) is 26.2 Å². The number of nitrogens with zero attached hydrogens (tertiary/aromatic N) is 1. The Kier molecular flexibility index (Phi) is 5.19. The van der Waals surface area contributed by atoms with Crippen LogP contribution in [-0.2, 0) is 11.2 Å². The van der Waals surface area contributed by atoms with Crippen LogP contribution in [0.15, 0.2) is 12.1 Å². The van der Waals surface area contributed by atoms with Gasteiger partial charge in [0.15, 0.2) is 0 Å². The molecule has 1 amide bonds. The number of carbonyl (C=O) groups is 1. The fraction of sp³-hybridized carbons (Fsp3) is 0.619. The first-order valence-electron chi connectivity index (χ1n) is 10.2. The second kappa shape index (κ2) is 7.60. The number of rotatable bonds is 5. The molecule has 1 unspecified atom stereocenters. The maximum Gasteiger partial charge on any atom is 0.237 e. The summed E-state index contributed by atoms with van der Waals surface area (Å²) in [7, 11) is 0. The Morgan fingerprint density at radius 1 is 1.30 bits per heavy atom. The van der Waals surface area contributed by atoms with Crippen LogP contribution >= 0.6 is 0 Å². The van der Waals surface area contributed by atoms with Gasteiger partial charge in [-0.1, -0.05) is 6.07 Å². The Morgan fingerprint density at radius 3 is 2.93 bits per heavy atom. The van der Waals surface area contributed by atoms with Gasteiger partial charge >= 0.3 is 0 Å². The average Bonchev–Trinajstić information content (AvgIpc) is 3.27. The number of aryl methyl sites for hydroxylation is 3. The highest BCUT2D eigenvalue weighted by Gasteiger charge is 2.41. The number of imidazole rings is 1. The van der Waals surface area contributed by atoms with E-state index in [-0.39, 0.29) is 11.9 Å². The molecule has 27 heavy (non-hydrogen) atoms. The molecule has 4 N–H and O–H groups in total. The Morgan fingerprint density at radius 2 is 2.11 bits per heavy atom. The third kappa shape index (κ3) is 3.87. The number of amides is 1. The average molecular weight is 370 g/mol. The van der Waals surface area contributed by atoms with Crippen molar-refractivity contribution in [2.45, 2.75) is 52.0 Å². The molecule has 1 spiro atoms. The van der Waals surface area contributed by atoms with Crippen LogP contribution in [0.4, 0.5) is 0 Å². The predicted molar refractivity (Wildman–Crippen MR) is 108 cm³/mol. The molecule has 3 heterocycles. The van der Waals surface area contributed by atoms with Gasteiger partial charge in [0.1, 0.15) is 5.82 Å². The van der Waals surface area contributed by atoms with Gasteiger partial charge in [0, 0.05) is 19.5 Å². The van der Waals surface area contributed by atoms with E-state index in [1.165, 1.54) is 24.0 Å². The highest BCUT2D eigenvalue weighted by atomic mass is 16.2. The quantitative estimate of drug-likeness (QED) is 0.607. The zero-order chi connectivity index (χ0) is 18.9. The summed E-state index contributed by atoms with van der Waals surface area (Å²) < 4.78 is 0. The van der Waals surface area contributed by atoms with Crippen LogP contribution in [0.1, 0.15) is 42.6 Å². The first-order chi connectivity index (χ1) is 13.1. The van der Waals surface area contributed by atoms with Crippen molar-refractivity contribution in [1.29, 1.82) is 0 Å². The van der Waals surface area contributed by atoms with Gasteiger partial charge in [-0.05, 0) is 75.2 Å². The van der Waals surface area contributed by atoms with Gasteiger partial charge < -0.3 is 20.9 Å². The van der Waals surface area contributed by atoms with Crippen molar-refractivity contribution in [3.8, 4) is 0 Å². The molecule has 0 radical (unpaired) electrons. The van der Waals surface area contributed by atoms with Gasteiger partial charge in [-0.15, -0.1) is 0 Å². The molecule has 2 fully saturated rings. The topological polar surface area (TPSA) is 81.8 Å². The van der Waals surface area contributed by atoms with Crippen LogP contribution in [0.25, 0.3) is 11.0 Å². The molecule has 1 atom stereocenters. The second-order valence-corrected chi connectivity index (χ2v) is 8.37. The van der Waals surface area contributed by atoms with E-state index >= 15 is 0 Å². The normalized spacial score (nSPS) is 21.8. The molecule has 6 nitrogen and oxygen atoms in total. The number of aromatic amines is 1. The fourth-order valence-electron chi connectivity index (χ4n) is 4.51. The molecule has 0 saturated carbocycles. The monoisotopic (exact) mass is 369 g/mol. The lowest BCUT2D eigenvalue weighted by Gasteiger charge is -2.33. The van der Waals surface area contributed by atoms with Crippen LogP contribution < -0.4 is 16.0 Å². The van der Waals surface area contributed by atoms with E-state index in [2.05, 4.69) is 46.9 Å². The summed E-state index contributed by atoms with van der Waals surface area (Å²) >= 11 is 0. The zero-order valence-electron chi connectivity index (χ0n) is 16.5. The predicted octanol–water partition coefficient (Wildman–Crippen LogP) is 1.96. The highest BCUT2D eigenvalue weighted by molar-refractivity contribution is 5.82. The number of piperidine rings is 1. The summed E-state index contributed by atoms with van der Waals surface area (Å²) in [5.41, 5.74) is 5.00. The number of hydrogen-bond acceptors (Lipinski definition) is 4. The Labute approximate surface area is 160 Å². The number of H-pyrrole nitrogens is 1. The maximum absolute atomic E-state index is 12.5. The van der Waals surface area contributed by atoms with Gasteiger partial charge in [0.05, 0.1) is 17.1 Å². The van der Waals surface area contributed by atoms with Gasteiger partial charge in [-0.2, -0.15) is 0 Å². The van der Waals surface area contributed by atoms with E-state index in [0.29, 0.717) is 12.0 Å². The lowest BCUT2D eigenvalue weighted by atomic mass is 9.77. The van der Waals surface area contributed by atoms with Gasteiger partial charge in [-0.3, -0.25) is 4.79 Å². The molecule has 6 heteroatoms. The van der Waals surface area contributed by atoms with Gasteiger partial charge in [0.25, 0.3) is 0 Å². The van der Waals surface area contributed by atoms with E-state index in [0.717, 1.165) is 55.8 Å². The standard InChI is InChI=1S/C21H31N5O/c1-14-5-6-16-19(15(14)2)26-18(25-16)4-3-9-23-20(27)17-12-21(13-24-17)7-10-22-11-8-21/h5-6,17,22,24H,3-4,7-13H2,1-2H3,(H,23,27)(H,25,26). The molecule has 2 saturated heterocycles. The van der Waals surface area contributed by atoms with E-state index in [1.54, 1.807) is 0 Å². The van der Waals surface area contributed by atoms with Crippen molar-refractivity contribution < 1.29 is 4.79 Å². The van der Waals surface area contributed by atoms with Crippen molar-refractivity contribution in [3.05, 3.63) is 29.1 Å². The van der Waals surface area contributed by atoms with Crippen LogP contribution in [0, 0.1) is 19.3 Å². The summed E-state index contributed by atoms with van der Waals surface area (Å²) in [4.78, 5) is 20.6. The molecule has 2 aliphatic heterocycles. The third-order valence-electron chi connectivity index (χ3n) is 6.46. The molecule has 0 aliphatic carbocycles. The SMILES string of the molecule is Cc1ccc2[nH]c(CCCNC(=O)C3CC4(CCNCC4)CN3)nc2c1C. The van der Waals surface area contributed by atoms with Gasteiger partial charge in [-0.25, -0.2) is 4.98 Å². The van der Waals surface area contributed by atoms with E-state index in [1.807, 2.05) is 0 Å². The highest BCUT2D eigenvalue weighted by Crippen LogP contribution is 2.37. The number of benzene rings is 1. The molecule has 1 aromatic heterocycles. The zero-order valence-corrected chi connectivity index (χ0v) is 16.5. The van der Waals surface area contributed by atoms with Crippen molar-refractivity contribution in [2.24, 2.45) is 5.41 Å². The number of aromatic nitrogens is 2. The summed E-state index contributed by atoms with van der Waals surface area (Å²) in [6.07, 6.45) is 5.07. The number of hydrogen-bond donors (Lipinski definition) is 4. The molecule has 2 aromatic rings. The molecule has 0 bridgehead atoms. The van der Waals surface area contributed by atoms with Crippen molar-refractivity contribution >= 4 is 16.9 Å². The Bertz CT molecular complexity index is 821. The largest absolute Gasteiger partial charge is 0.355 e. The smallest absolute Gasteiger partial charge is 0.237 e. The van der Waals surface area contributed by atoms with Crippen LogP contribution in [0.5, 0.6) is 0 Å². The summed E-state index contributed by atoms with van der Waals surface area (Å²) in [6.45, 7) is 8.06. The summed E-state index contributed by atoms with van der Waals surface area (Å²) in [5.74, 6) is 1.15. The number of nitrogens with one attached hydrogen (secondary N) is 4. The summed E-state index contributed by atoms with van der Waals surface area (Å²) in [5, 5.41) is 9.97. The number of carbonyl (C=O) groups excluding carboxylic acids is 1. The lowest BCUT2D eigenvalue weighted by Crippen LogP contribution is -2.40. The van der Waals surface area contributed by atoms with Crippen LogP contribution in [-0.4, -0.2) is 48.1 Å². The molecule has 2 aliphatic rings. The minimum absolute atomic E-state index is 0.0278. The molecule has 4 rings (SSSR count).